The number of pyridine rings is 1. The van der Waals surface area contributed by atoms with Gasteiger partial charge in [0.05, 0.1) is 6.20 Å². The molecular formula is C7H5NO4. The first-order chi connectivity index (χ1) is 5.75. The number of aromatic nitrogens is 1. The third-order valence-corrected chi connectivity index (χ3v) is 1.19. The minimum absolute atomic E-state index is 0.0556. The summed E-state index contributed by atoms with van der Waals surface area (Å²) in [7, 11) is 0. The maximum Gasteiger partial charge on any atom is 0.339 e. The van der Waals surface area contributed by atoms with Gasteiger partial charge in [0.15, 0.2) is 5.75 Å². The van der Waals surface area contributed by atoms with E-state index in [9.17, 15) is 9.59 Å². The molecule has 0 unspecified atom stereocenters. The second-order valence-electron chi connectivity index (χ2n) is 1.89. The standard InChI is InChI=1S/C7H5NO4/c9-4-12-6-3-8-2-1-5(6)7(10)11/h1-4H,(H,10,11). The summed E-state index contributed by atoms with van der Waals surface area (Å²) in [5.41, 5.74) is -0.0860. The van der Waals surface area contributed by atoms with Crippen LogP contribution in [0.15, 0.2) is 18.5 Å². The van der Waals surface area contributed by atoms with E-state index in [1.165, 1.54) is 12.3 Å². The SMILES string of the molecule is O=COc1cnccc1C(=O)O. The molecule has 0 bridgehead atoms. The molecule has 0 aliphatic heterocycles. The van der Waals surface area contributed by atoms with Gasteiger partial charge in [0.2, 0.25) is 0 Å². The number of ether oxygens (including phenoxy) is 1. The molecule has 0 spiro atoms. The highest BCUT2D eigenvalue weighted by Crippen LogP contribution is 2.14. The summed E-state index contributed by atoms with van der Waals surface area (Å²) in [5, 5.41) is 8.57. The van der Waals surface area contributed by atoms with Gasteiger partial charge in [-0.25, -0.2) is 4.79 Å². The van der Waals surface area contributed by atoms with E-state index in [-0.39, 0.29) is 17.8 Å². The Bertz CT molecular complexity index is 310. The molecule has 0 radical (unpaired) electrons. The Hall–Kier alpha value is -1.91. The first-order valence-corrected chi connectivity index (χ1v) is 3.03. The van der Waals surface area contributed by atoms with Crippen molar-refractivity contribution in [2.45, 2.75) is 0 Å². The molecule has 0 amide bonds. The molecular weight excluding hydrogens is 162 g/mol. The van der Waals surface area contributed by atoms with Crippen molar-refractivity contribution in [2.24, 2.45) is 0 Å². The highest BCUT2D eigenvalue weighted by Gasteiger charge is 2.09. The topological polar surface area (TPSA) is 76.5 Å². The van der Waals surface area contributed by atoms with Crippen molar-refractivity contribution in [3.8, 4) is 5.75 Å². The van der Waals surface area contributed by atoms with Gasteiger partial charge in [0, 0.05) is 6.20 Å². The van der Waals surface area contributed by atoms with E-state index in [1.54, 1.807) is 0 Å². The Labute approximate surface area is 67.6 Å². The fraction of sp³-hybridized carbons (Fsp3) is 0. The lowest BCUT2D eigenvalue weighted by molar-refractivity contribution is -0.120. The lowest BCUT2D eigenvalue weighted by Crippen LogP contribution is -2.01. The molecule has 1 aromatic rings. The summed E-state index contributed by atoms with van der Waals surface area (Å²) in [4.78, 5) is 24.0. The minimum atomic E-state index is -1.16. The molecule has 62 valence electrons. The molecule has 0 saturated carbocycles. The number of aromatic carboxylic acids is 1. The maximum atomic E-state index is 10.5. The van der Waals surface area contributed by atoms with Crippen molar-refractivity contribution >= 4 is 12.4 Å². The van der Waals surface area contributed by atoms with Gasteiger partial charge in [-0.15, -0.1) is 0 Å². The maximum absolute atomic E-state index is 10.5. The summed E-state index contributed by atoms with van der Waals surface area (Å²) in [6, 6.07) is 1.25. The average molecular weight is 167 g/mol. The van der Waals surface area contributed by atoms with Crippen LogP contribution in [0, 0.1) is 0 Å². The number of hydrogen-bond acceptors (Lipinski definition) is 4. The van der Waals surface area contributed by atoms with Crippen LogP contribution in [0.1, 0.15) is 10.4 Å². The summed E-state index contributed by atoms with van der Waals surface area (Å²) in [5.74, 6) is -1.21. The van der Waals surface area contributed by atoms with Crippen molar-refractivity contribution in [1.82, 2.24) is 4.98 Å². The van der Waals surface area contributed by atoms with Gasteiger partial charge in [0.25, 0.3) is 6.47 Å². The van der Waals surface area contributed by atoms with Crippen molar-refractivity contribution in [3.63, 3.8) is 0 Å². The molecule has 1 rings (SSSR count). The number of carbonyl (C=O) groups excluding carboxylic acids is 1. The van der Waals surface area contributed by atoms with Gasteiger partial charge in [-0.05, 0) is 6.07 Å². The fourth-order valence-electron chi connectivity index (χ4n) is 0.702. The van der Waals surface area contributed by atoms with Crippen LogP contribution >= 0.6 is 0 Å². The fourth-order valence-corrected chi connectivity index (χ4v) is 0.702. The quantitative estimate of drug-likeness (QED) is 0.656. The van der Waals surface area contributed by atoms with Crippen LogP contribution in [-0.4, -0.2) is 22.5 Å². The minimum Gasteiger partial charge on any atom is -0.478 e. The number of carboxylic acids is 1. The highest BCUT2D eigenvalue weighted by molar-refractivity contribution is 5.90. The van der Waals surface area contributed by atoms with Crippen molar-refractivity contribution in [3.05, 3.63) is 24.0 Å². The van der Waals surface area contributed by atoms with Crippen LogP contribution in [-0.2, 0) is 4.79 Å². The Balaban J connectivity index is 3.07. The van der Waals surface area contributed by atoms with Gasteiger partial charge >= 0.3 is 5.97 Å². The molecule has 12 heavy (non-hydrogen) atoms. The zero-order valence-corrected chi connectivity index (χ0v) is 5.93. The molecule has 0 saturated heterocycles. The van der Waals surface area contributed by atoms with E-state index in [2.05, 4.69) is 9.72 Å². The Morgan fingerprint density at radius 3 is 3.00 bits per heavy atom. The number of hydrogen-bond donors (Lipinski definition) is 1. The van der Waals surface area contributed by atoms with Crippen molar-refractivity contribution < 1.29 is 19.4 Å². The van der Waals surface area contributed by atoms with Crippen LogP contribution in [0.4, 0.5) is 0 Å². The first-order valence-electron chi connectivity index (χ1n) is 3.03. The predicted molar refractivity (Wildman–Crippen MR) is 37.9 cm³/mol. The van der Waals surface area contributed by atoms with Crippen LogP contribution in [0.2, 0.25) is 0 Å². The van der Waals surface area contributed by atoms with E-state index in [0.717, 1.165) is 6.20 Å². The molecule has 5 heteroatoms. The molecule has 0 atom stereocenters. The Morgan fingerprint density at radius 2 is 2.42 bits per heavy atom. The summed E-state index contributed by atoms with van der Waals surface area (Å²) < 4.78 is 4.37. The van der Waals surface area contributed by atoms with E-state index in [4.69, 9.17) is 5.11 Å². The molecule has 1 aromatic heterocycles. The van der Waals surface area contributed by atoms with Gasteiger partial charge in [-0.3, -0.25) is 9.78 Å². The third-order valence-electron chi connectivity index (χ3n) is 1.19. The molecule has 1 heterocycles. The number of rotatable bonds is 3. The predicted octanol–water partition coefficient (Wildman–Crippen LogP) is 0.315. The number of carbonyl (C=O) groups is 2. The van der Waals surface area contributed by atoms with Gasteiger partial charge in [-0.2, -0.15) is 0 Å². The van der Waals surface area contributed by atoms with Crippen molar-refractivity contribution in [1.29, 1.82) is 0 Å². The van der Waals surface area contributed by atoms with Crippen LogP contribution in [0.25, 0.3) is 0 Å². The molecule has 0 aliphatic carbocycles. The summed E-state index contributed by atoms with van der Waals surface area (Å²) >= 11 is 0. The summed E-state index contributed by atoms with van der Waals surface area (Å²) in [6.45, 7) is 0.156. The van der Waals surface area contributed by atoms with Crippen LogP contribution in [0.5, 0.6) is 5.75 Å². The lowest BCUT2D eigenvalue weighted by Gasteiger charge is -1.99. The van der Waals surface area contributed by atoms with Crippen molar-refractivity contribution in [2.75, 3.05) is 0 Å². The monoisotopic (exact) mass is 167 g/mol. The zero-order valence-electron chi connectivity index (χ0n) is 5.93. The number of carboxylic acid groups (broad SMARTS) is 1. The van der Waals surface area contributed by atoms with E-state index in [1.807, 2.05) is 0 Å². The van der Waals surface area contributed by atoms with Gasteiger partial charge in [-0.1, -0.05) is 0 Å². The zero-order chi connectivity index (χ0) is 8.97. The van der Waals surface area contributed by atoms with E-state index >= 15 is 0 Å². The molecule has 0 fully saturated rings. The third kappa shape index (κ3) is 1.57. The molecule has 0 aliphatic rings. The number of nitrogens with zero attached hydrogens (tertiary/aromatic N) is 1. The highest BCUT2D eigenvalue weighted by atomic mass is 16.5. The largest absolute Gasteiger partial charge is 0.478 e. The summed E-state index contributed by atoms with van der Waals surface area (Å²) in [6.07, 6.45) is 2.47. The molecule has 0 aromatic carbocycles. The normalized spacial score (nSPS) is 9.00. The van der Waals surface area contributed by atoms with E-state index in [0.29, 0.717) is 0 Å². The second kappa shape index (κ2) is 3.47. The Kier molecular flexibility index (Phi) is 2.37. The van der Waals surface area contributed by atoms with Gasteiger partial charge in [0.1, 0.15) is 5.56 Å². The molecule has 5 nitrogen and oxygen atoms in total. The average Bonchev–Trinajstić information content (AvgIpc) is 2.05. The first kappa shape index (κ1) is 8.19. The lowest BCUT2D eigenvalue weighted by atomic mass is 10.2. The molecule has 1 N–H and O–H groups in total. The smallest absolute Gasteiger partial charge is 0.339 e. The van der Waals surface area contributed by atoms with Gasteiger partial charge < -0.3 is 9.84 Å². The second-order valence-corrected chi connectivity index (χ2v) is 1.89. The van der Waals surface area contributed by atoms with Crippen LogP contribution in [0.3, 0.4) is 0 Å². The van der Waals surface area contributed by atoms with Crippen LogP contribution < -0.4 is 4.74 Å². The Morgan fingerprint density at radius 1 is 1.67 bits per heavy atom. The van der Waals surface area contributed by atoms with E-state index < -0.39 is 5.97 Å².